The average Bonchev–Trinajstić information content (AvgIpc) is 2.85. The first-order valence-corrected chi connectivity index (χ1v) is 9.99. The Kier molecular flexibility index (Phi) is 5.79. The van der Waals surface area contributed by atoms with E-state index in [2.05, 4.69) is 25.8 Å². The minimum absolute atomic E-state index is 0.0390. The fourth-order valence-corrected chi connectivity index (χ4v) is 4.49. The van der Waals surface area contributed by atoms with Gasteiger partial charge in [0.1, 0.15) is 0 Å². The number of carbonyl (C=O) groups excluding carboxylic acids is 1. The van der Waals surface area contributed by atoms with Gasteiger partial charge in [0.05, 0.1) is 11.5 Å². The van der Waals surface area contributed by atoms with Crippen molar-refractivity contribution in [2.75, 3.05) is 11.5 Å². The third-order valence-electron chi connectivity index (χ3n) is 4.68. The van der Waals surface area contributed by atoms with Crippen molar-refractivity contribution in [1.82, 2.24) is 9.88 Å². The van der Waals surface area contributed by atoms with Crippen LogP contribution in [0.2, 0.25) is 0 Å². The molecule has 0 radical (unpaired) electrons. The highest BCUT2D eigenvalue weighted by Crippen LogP contribution is 2.23. The first-order chi connectivity index (χ1) is 10.8. The van der Waals surface area contributed by atoms with E-state index in [4.69, 9.17) is 0 Å². The molecule has 1 aromatic rings. The van der Waals surface area contributed by atoms with E-state index in [0.29, 0.717) is 25.3 Å². The zero-order valence-corrected chi connectivity index (χ0v) is 14.9. The van der Waals surface area contributed by atoms with Crippen molar-refractivity contribution in [2.24, 2.45) is 11.8 Å². The van der Waals surface area contributed by atoms with E-state index >= 15 is 0 Å². The van der Waals surface area contributed by atoms with E-state index in [9.17, 15) is 13.2 Å². The van der Waals surface area contributed by atoms with Crippen molar-refractivity contribution in [1.29, 1.82) is 0 Å². The SMILES string of the molecule is CC(C)[C@@H](C)CC(=O)N(Cc1cccnc1)[C@@H]1CCS(=O)(=O)C1. The van der Waals surface area contributed by atoms with Crippen LogP contribution in [0.5, 0.6) is 0 Å². The van der Waals surface area contributed by atoms with Crippen LogP contribution in [0.4, 0.5) is 0 Å². The number of hydrogen-bond donors (Lipinski definition) is 0. The van der Waals surface area contributed by atoms with Crippen molar-refractivity contribution in [3.8, 4) is 0 Å². The minimum atomic E-state index is -3.02. The topological polar surface area (TPSA) is 67.3 Å². The molecule has 2 atom stereocenters. The van der Waals surface area contributed by atoms with Crippen LogP contribution in [-0.4, -0.2) is 41.8 Å². The van der Waals surface area contributed by atoms with E-state index in [-0.39, 0.29) is 29.4 Å². The Morgan fingerprint density at radius 1 is 1.39 bits per heavy atom. The first kappa shape index (κ1) is 17.9. The van der Waals surface area contributed by atoms with E-state index in [0.717, 1.165) is 5.56 Å². The maximum atomic E-state index is 12.8. The lowest BCUT2D eigenvalue weighted by Gasteiger charge is -2.30. The summed E-state index contributed by atoms with van der Waals surface area (Å²) in [4.78, 5) is 18.6. The minimum Gasteiger partial charge on any atom is -0.334 e. The number of sulfone groups is 1. The van der Waals surface area contributed by atoms with Crippen LogP contribution in [0, 0.1) is 11.8 Å². The predicted octanol–water partition coefficient (Wildman–Crippen LogP) is 2.28. The maximum Gasteiger partial charge on any atom is 0.223 e. The van der Waals surface area contributed by atoms with Gasteiger partial charge in [0.2, 0.25) is 5.91 Å². The fourth-order valence-electron chi connectivity index (χ4n) is 2.76. The molecule has 1 aromatic heterocycles. The molecule has 0 spiro atoms. The number of nitrogens with zero attached hydrogens (tertiary/aromatic N) is 2. The van der Waals surface area contributed by atoms with Gasteiger partial charge in [-0.25, -0.2) is 8.42 Å². The summed E-state index contributed by atoms with van der Waals surface area (Å²) >= 11 is 0. The smallest absolute Gasteiger partial charge is 0.223 e. The van der Waals surface area contributed by atoms with Crippen molar-refractivity contribution in [3.63, 3.8) is 0 Å². The molecule has 0 unspecified atom stereocenters. The highest BCUT2D eigenvalue weighted by atomic mass is 32.2. The fraction of sp³-hybridized carbons (Fsp3) is 0.647. The van der Waals surface area contributed by atoms with Gasteiger partial charge in [0, 0.05) is 31.4 Å². The molecule has 1 amide bonds. The molecule has 1 aliphatic rings. The monoisotopic (exact) mass is 338 g/mol. The number of pyridine rings is 1. The summed E-state index contributed by atoms with van der Waals surface area (Å²) in [7, 11) is -3.02. The Morgan fingerprint density at radius 2 is 2.13 bits per heavy atom. The molecule has 5 nitrogen and oxygen atoms in total. The standard InChI is InChI=1S/C17H26N2O3S/c1-13(2)14(3)9-17(20)19(11-15-5-4-7-18-10-15)16-6-8-23(21,22)12-16/h4-5,7,10,13-14,16H,6,8-9,11-12H2,1-3H3/t14-,16+/m0/s1. The molecule has 0 aromatic carbocycles. The number of hydrogen-bond acceptors (Lipinski definition) is 4. The summed E-state index contributed by atoms with van der Waals surface area (Å²) in [5.41, 5.74) is 0.933. The van der Waals surface area contributed by atoms with E-state index in [1.807, 2.05) is 12.1 Å². The summed E-state index contributed by atoms with van der Waals surface area (Å²) in [6.45, 7) is 6.70. The van der Waals surface area contributed by atoms with Gasteiger partial charge < -0.3 is 4.90 Å². The number of amides is 1. The lowest BCUT2D eigenvalue weighted by Crippen LogP contribution is -2.41. The highest BCUT2D eigenvalue weighted by molar-refractivity contribution is 7.91. The zero-order valence-electron chi connectivity index (χ0n) is 14.1. The Morgan fingerprint density at radius 3 is 2.65 bits per heavy atom. The predicted molar refractivity (Wildman–Crippen MR) is 90.5 cm³/mol. The quantitative estimate of drug-likeness (QED) is 0.798. The molecule has 0 N–H and O–H groups in total. The van der Waals surface area contributed by atoms with Crippen LogP contribution in [-0.2, 0) is 21.2 Å². The van der Waals surface area contributed by atoms with Gasteiger partial charge in [0.25, 0.3) is 0 Å². The Balaban J connectivity index is 2.16. The number of carbonyl (C=O) groups is 1. The van der Waals surface area contributed by atoms with Crippen molar-refractivity contribution in [3.05, 3.63) is 30.1 Å². The lowest BCUT2D eigenvalue weighted by molar-refractivity contribution is -0.135. The average molecular weight is 338 g/mol. The highest BCUT2D eigenvalue weighted by Gasteiger charge is 2.35. The second-order valence-corrected chi connectivity index (χ2v) is 9.09. The van der Waals surface area contributed by atoms with Gasteiger partial charge in [-0.2, -0.15) is 0 Å². The third-order valence-corrected chi connectivity index (χ3v) is 6.43. The molecule has 2 heterocycles. The normalized spacial score (nSPS) is 21.3. The molecule has 1 fully saturated rings. The van der Waals surface area contributed by atoms with Gasteiger partial charge in [0.15, 0.2) is 9.84 Å². The summed E-state index contributed by atoms with van der Waals surface area (Å²) in [5.74, 6) is 0.990. The maximum absolute atomic E-state index is 12.8. The summed E-state index contributed by atoms with van der Waals surface area (Å²) in [6.07, 6.45) is 4.41. The molecule has 2 rings (SSSR count). The van der Waals surface area contributed by atoms with Crippen molar-refractivity contribution < 1.29 is 13.2 Å². The van der Waals surface area contributed by atoms with Crippen LogP contribution in [0.15, 0.2) is 24.5 Å². The summed E-state index contributed by atoms with van der Waals surface area (Å²) < 4.78 is 23.6. The molecule has 0 saturated carbocycles. The van der Waals surface area contributed by atoms with Gasteiger partial charge >= 0.3 is 0 Å². The Hall–Kier alpha value is -1.43. The molecule has 23 heavy (non-hydrogen) atoms. The second kappa shape index (κ2) is 7.43. The molecule has 0 bridgehead atoms. The van der Waals surface area contributed by atoms with E-state index in [1.54, 1.807) is 17.3 Å². The molecule has 128 valence electrons. The molecular weight excluding hydrogens is 312 g/mol. The first-order valence-electron chi connectivity index (χ1n) is 8.17. The lowest BCUT2D eigenvalue weighted by atomic mass is 9.94. The molecule has 0 aliphatic carbocycles. The Bertz CT molecular complexity index is 628. The number of aromatic nitrogens is 1. The van der Waals surface area contributed by atoms with E-state index in [1.165, 1.54) is 0 Å². The molecular formula is C17H26N2O3S. The van der Waals surface area contributed by atoms with Crippen molar-refractivity contribution >= 4 is 15.7 Å². The van der Waals surface area contributed by atoms with Crippen LogP contribution < -0.4 is 0 Å². The number of rotatable bonds is 6. The largest absolute Gasteiger partial charge is 0.334 e. The van der Waals surface area contributed by atoms with Crippen molar-refractivity contribution in [2.45, 2.75) is 46.2 Å². The van der Waals surface area contributed by atoms with Crippen LogP contribution in [0.1, 0.15) is 39.2 Å². The van der Waals surface area contributed by atoms with Crippen LogP contribution >= 0.6 is 0 Å². The van der Waals surface area contributed by atoms with Crippen LogP contribution in [0.25, 0.3) is 0 Å². The van der Waals surface area contributed by atoms with Gasteiger partial charge in [-0.1, -0.05) is 26.8 Å². The Labute approximate surface area is 139 Å². The van der Waals surface area contributed by atoms with E-state index < -0.39 is 9.84 Å². The third kappa shape index (κ3) is 5.03. The molecule has 1 saturated heterocycles. The van der Waals surface area contributed by atoms with Gasteiger partial charge in [-0.15, -0.1) is 0 Å². The molecule has 6 heteroatoms. The second-order valence-electron chi connectivity index (χ2n) is 6.87. The van der Waals surface area contributed by atoms with Gasteiger partial charge in [-0.05, 0) is 29.9 Å². The summed E-state index contributed by atoms with van der Waals surface area (Å²) in [6, 6.07) is 3.54. The zero-order chi connectivity index (χ0) is 17.0. The molecule has 1 aliphatic heterocycles. The van der Waals surface area contributed by atoms with Crippen LogP contribution in [0.3, 0.4) is 0 Å². The summed E-state index contributed by atoms with van der Waals surface area (Å²) in [5, 5.41) is 0. The van der Waals surface area contributed by atoms with Gasteiger partial charge in [-0.3, -0.25) is 9.78 Å².